The van der Waals surface area contributed by atoms with Gasteiger partial charge in [0.1, 0.15) is 5.60 Å². The quantitative estimate of drug-likeness (QED) is 0.777. The Labute approximate surface area is 142 Å². The van der Waals surface area contributed by atoms with Crippen molar-refractivity contribution in [1.82, 2.24) is 0 Å². The zero-order valence-electron chi connectivity index (χ0n) is 14.5. The highest BCUT2D eigenvalue weighted by Gasteiger charge is 2.19. The van der Waals surface area contributed by atoms with Crippen LogP contribution in [0, 0.1) is 0 Å². The molecule has 0 saturated heterocycles. The Balaban J connectivity index is 2.39. The van der Waals surface area contributed by atoms with Crippen molar-refractivity contribution in [2.45, 2.75) is 33.3 Å². The highest BCUT2D eigenvalue weighted by molar-refractivity contribution is 5.98. The van der Waals surface area contributed by atoms with E-state index in [1.54, 1.807) is 37.3 Å². The monoisotopic (exact) mass is 326 g/mol. The Hall–Kier alpha value is -2.62. The zero-order chi connectivity index (χ0) is 17.7. The normalized spacial score (nSPS) is 11.0. The summed E-state index contributed by atoms with van der Waals surface area (Å²) in [4.78, 5) is 24.4. The molecule has 0 saturated carbocycles. The van der Waals surface area contributed by atoms with Gasteiger partial charge in [0.15, 0.2) is 0 Å². The zero-order valence-corrected chi connectivity index (χ0v) is 14.5. The van der Waals surface area contributed by atoms with Gasteiger partial charge in [-0.05, 0) is 57.0 Å². The molecule has 0 aromatic heterocycles. The molecule has 0 spiro atoms. The smallest absolute Gasteiger partial charge is 0.338 e. The van der Waals surface area contributed by atoms with Crippen molar-refractivity contribution in [3.63, 3.8) is 0 Å². The van der Waals surface area contributed by atoms with Crippen molar-refractivity contribution < 1.29 is 19.1 Å². The summed E-state index contributed by atoms with van der Waals surface area (Å²) in [6.07, 6.45) is 0. The predicted octanol–water partition coefficient (Wildman–Crippen LogP) is 4.49. The molecule has 0 atom stereocenters. The second kappa shape index (κ2) is 7.30. The lowest BCUT2D eigenvalue weighted by Crippen LogP contribution is -2.23. The lowest BCUT2D eigenvalue weighted by atomic mass is 9.98. The van der Waals surface area contributed by atoms with Crippen LogP contribution in [0.3, 0.4) is 0 Å². The van der Waals surface area contributed by atoms with Crippen molar-refractivity contribution in [3.05, 3.63) is 59.7 Å². The molecule has 0 aliphatic heterocycles. The van der Waals surface area contributed by atoms with Crippen LogP contribution >= 0.6 is 0 Å². The fraction of sp³-hybridized carbons (Fsp3) is 0.300. The summed E-state index contributed by atoms with van der Waals surface area (Å²) in [6, 6.07) is 14.2. The molecular weight excluding hydrogens is 304 g/mol. The van der Waals surface area contributed by atoms with Crippen molar-refractivity contribution in [3.8, 4) is 11.1 Å². The van der Waals surface area contributed by atoms with Gasteiger partial charge in [0.05, 0.1) is 17.7 Å². The van der Waals surface area contributed by atoms with E-state index >= 15 is 0 Å². The lowest BCUT2D eigenvalue weighted by Gasteiger charge is -2.19. The van der Waals surface area contributed by atoms with E-state index in [1.807, 2.05) is 39.0 Å². The van der Waals surface area contributed by atoms with E-state index in [1.165, 1.54) is 0 Å². The van der Waals surface area contributed by atoms with E-state index in [0.29, 0.717) is 17.7 Å². The third kappa shape index (κ3) is 4.44. The maximum atomic E-state index is 12.3. The highest BCUT2D eigenvalue weighted by Crippen LogP contribution is 2.26. The molecule has 2 aromatic rings. The van der Waals surface area contributed by atoms with Gasteiger partial charge in [0, 0.05) is 0 Å². The van der Waals surface area contributed by atoms with E-state index in [9.17, 15) is 9.59 Å². The second-order valence-corrected chi connectivity index (χ2v) is 6.35. The summed E-state index contributed by atoms with van der Waals surface area (Å²) in [5.41, 5.74) is 1.85. The number of rotatable bonds is 4. The van der Waals surface area contributed by atoms with E-state index in [0.717, 1.165) is 11.1 Å². The number of hydrogen-bond donors (Lipinski definition) is 0. The van der Waals surface area contributed by atoms with Crippen molar-refractivity contribution in [2.24, 2.45) is 0 Å². The van der Waals surface area contributed by atoms with Gasteiger partial charge in [-0.15, -0.1) is 0 Å². The number of ether oxygens (including phenoxy) is 2. The molecule has 0 fully saturated rings. The highest BCUT2D eigenvalue weighted by atomic mass is 16.6. The predicted molar refractivity (Wildman–Crippen MR) is 93.0 cm³/mol. The van der Waals surface area contributed by atoms with Crippen LogP contribution in [0.25, 0.3) is 11.1 Å². The lowest BCUT2D eigenvalue weighted by molar-refractivity contribution is 0.00693. The van der Waals surface area contributed by atoms with Gasteiger partial charge in [0.25, 0.3) is 0 Å². The average molecular weight is 326 g/mol. The molecule has 2 aromatic carbocycles. The van der Waals surface area contributed by atoms with Crippen LogP contribution in [0.1, 0.15) is 48.4 Å². The van der Waals surface area contributed by atoms with Crippen LogP contribution < -0.4 is 0 Å². The molecule has 0 N–H and O–H groups in total. The maximum absolute atomic E-state index is 12.3. The first-order chi connectivity index (χ1) is 11.3. The van der Waals surface area contributed by atoms with E-state index < -0.39 is 11.6 Å². The standard InChI is InChI=1S/C20H22O4/c1-5-23-19(22)17-12-7-6-11-16(17)14-9-8-10-15(13-14)18(21)24-20(2,3)4/h6-13H,5H2,1-4H3. The fourth-order valence-corrected chi connectivity index (χ4v) is 2.27. The first-order valence-corrected chi connectivity index (χ1v) is 7.92. The summed E-state index contributed by atoms with van der Waals surface area (Å²) in [5, 5.41) is 0. The average Bonchev–Trinajstić information content (AvgIpc) is 2.53. The Morgan fingerprint density at radius 2 is 1.67 bits per heavy atom. The largest absolute Gasteiger partial charge is 0.462 e. The van der Waals surface area contributed by atoms with Crippen LogP contribution in [0.4, 0.5) is 0 Å². The molecule has 0 bridgehead atoms. The van der Waals surface area contributed by atoms with Gasteiger partial charge in [-0.1, -0.05) is 30.3 Å². The van der Waals surface area contributed by atoms with Crippen molar-refractivity contribution >= 4 is 11.9 Å². The first-order valence-electron chi connectivity index (χ1n) is 7.92. The molecular formula is C20H22O4. The minimum absolute atomic E-state index is 0.311. The van der Waals surface area contributed by atoms with Gasteiger partial charge in [-0.2, -0.15) is 0 Å². The molecule has 2 rings (SSSR count). The summed E-state index contributed by atoms with van der Waals surface area (Å²) in [5.74, 6) is -0.770. The van der Waals surface area contributed by atoms with Crippen LogP contribution in [-0.2, 0) is 9.47 Å². The third-order valence-corrected chi connectivity index (χ3v) is 3.23. The Bertz CT molecular complexity index is 741. The Kier molecular flexibility index (Phi) is 5.39. The van der Waals surface area contributed by atoms with Crippen LogP contribution in [0.2, 0.25) is 0 Å². The summed E-state index contributed by atoms with van der Waals surface area (Å²) >= 11 is 0. The minimum Gasteiger partial charge on any atom is -0.462 e. The van der Waals surface area contributed by atoms with Gasteiger partial charge in [-0.3, -0.25) is 0 Å². The Morgan fingerprint density at radius 1 is 0.958 bits per heavy atom. The fourth-order valence-electron chi connectivity index (χ4n) is 2.27. The van der Waals surface area contributed by atoms with Gasteiger partial charge < -0.3 is 9.47 Å². The minimum atomic E-state index is -0.560. The molecule has 126 valence electrons. The number of carbonyl (C=O) groups excluding carboxylic acids is 2. The summed E-state index contributed by atoms with van der Waals surface area (Å²) < 4.78 is 10.5. The number of carbonyl (C=O) groups is 2. The van der Waals surface area contributed by atoms with E-state index in [-0.39, 0.29) is 5.97 Å². The summed E-state index contributed by atoms with van der Waals surface area (Å²) in [6.45, 7) is 7.55. The molecule has 0 unspecified atom stereocenters. The molecule has 0 amide bonds. The van der Waals surface area contributed by atoms with E-state index in [2.05, 4.69) is 0 Å². The van der Waals surface area contributed by atoms with Gasteiger partial charge >= 0.3 is 11.9 Å². The number of hydrogen-bond acceptors (Lipinski definition) is 4. The van der Waals surface area contributed by atoms with Crippen molar-refractivity contribution in [1.29, 1.82) is 0 Å². The molecule has 24 heavy (non-hydrogen) atoms. The van der Waals surface area contributed by atoms with Crippen molar-refractivity contribution in [2.75, 3.05) is 6.61 Å². The molecule has 4 heteroatoms. The molecule has 0 aliphatic carbocycles. The van der Waals surface area contributed by atoms with E-state index in [4.69, 9.17) is 9.47 Å². The Morgan fingerprint density at radius 3 is 2.33 bits per heavy atom. The van der Waals surface area contributed by atoms with Crippen LogP contribution in [0.5, 0.6) is 0 Å². The SMILES string of the molecule is CCOC(=O)c1ccccc1-c1cccc(C(=O)OC(C)(C)C)c1. The van der Waals surface area contributed by atoms with Crippen LogP contribution in [-0.4, -0.2) is 24.1 Å². The summed E-state index contributed by atoms with van der Waals surface area (Å²) in [7, 11) is 0. The van der Waals surface area contributed by atoms with Gasteiger partial charge in [-0.25, -0.2) is 9.59 Å². The molecule has 0 heterocycles. The molecule has 0 aliphatic rings. The second-order valence-electron chi connectivity index (χ2n) is 6.35. The first kappa shape index (κ1) is 17.7. The maximum Gasteiger partial charge on any atom is 0.338 e. The van der Waals surface area contributed by atoms with Crippen LogP contribution in [0.15, 0.2) is 48.5 Å². The molecule has 0 radical (unpaired) electrons. The third-order valence-electron chi connectivity index (χ3n) is 3.23. The number of esters is 2. The van der Waals surface area contributed by atoms with Gasteiger partial charge in [0.2, 0.25) is 0 Å². The number of benzene rings is 2. The molecule has 4 nitrogen and oxygen atoms in total. The topological polar surface area (TPSA) is 52.6 Å².